The normalized spacial score (nSPS) is 18.8. The molecular weight excluding hydrogens is 410 g/mol. The Labute approximate surface area is 177 Å². The third-order valence-corrected chi connectivity index (χ3v) is 5.15. The molecule has 3 aromatic heterocycles. The molecule has 30 heavy (non-hydrogen) atoms. The monoisotopic (exact) mass is 429 g/mol. The molecule has 3 aromatic rings. The van der Waals surface area contributed by atoms with Crippen molar-refractivity contribution in [1.29, 1.82) is 0 Å². The van der Waals surface area contributed by atoms with Gasteiger partial charge in [-0.2, -0.15) is 4.98 Å². The molecule has 156 valence electrons. The Morgan fingerprint density at radius 2 is 2.10 bits per heavy atom. The summed E-state index contributed by atoms with van der Waals surface area (Å²) in [5.41, 5.74) is 0.349. The minimum atomic E-state index is -0.199. The Morgan fingerprint density at radius 3 is 2.83 bits per heavy atom. The first kappa shape index (κ1) is 20.0. The van der Waals surface area contributed by atoms with Gasteiger partial charge in [0, 0.05) is 29.4 Å². The van der Waals surface area contributed by atoms with E-state index in [4.69, 9.17) is 21.1 Å². The van der Waals surface area contributed by atoms with Crippen LogP contribution in [0.1, 0.15) is 30.1 Å². The number of carbonyl (C=O) groups is 1. The van der Waals surface area contributed by atoms with Crippen LogP contribution in [-0.2, 0) is 0 Å². The molecule has 1 aliphatic heterocycles. The number of ether oxygens (including phenoxy) is 2. The summed E-state index contributed by atoms with van der Waals surface area (Å²) in [5.74, 6) is 0.841. The molecule has 1 amide bonds. The van der Waals surface area contributed by atoms with E-state index in [2.05, 4.69) is 25.4 Å². The van der Waals surface area contributed by atoms with E-state index in [0.717, 1.165) is 12.8 Å². The molecule has 4 heterocycles. The van der Waals surface area contributed by atoms with Gasteiger partial charge in [0.15, 0.2) is 12.1 Å². The predicted octanol–water partition coefficient (Wildman–Crippen LogP) is 2.19. The number of pyridine rings is 2. The molecule has 1 saturated heterocycles. The van der Waals surface area contributed by atoms with E-state index in [1.807, 2.05) is 6.92 Å². The quantitative estimate of drug-likeness (QED) is 0.607. The highest BCUT2D eigenvalue weighted by Gasteiger charge is 2.33. The lowest BCUT2D eigenvalue weighted by Crippen LogP contribution is -2.49. The highest BCUT2D eigenvalue weighted by molar-refractivity contribution is 6.30. The van der Waals surface area contributed by atoms with Crippen LogP contribution in [0.5, 0.6) is 11.8 Å². The molecule has 0 aliphatic carbocycles. The molecule has 1 aliphatic rings. The topological polar surface area (TPSA) is 108 Å². The Bertz CT molecular complexity index is 1030. The summed E-state index contributed by atoms with van der Waals surface area (Å²) in [6.07, 6.45) is 4.26. The van der Waals surface area contributed by atoms with Crippen molar-refractivity contribution < 1.29 is 14.3 Å². The van der Waals surface area contributed by atoms with Crippen molar-refractivity contribution >= 4 is 17.5 Å². The molecule has 0 radical (unpaired) electrons. The lowest BCUT2D eigenvalue weighted by atomic mass is 10.00. The maximum absolute atomic E-state index is 13.4. The van der Waals surface area contributed by atoms with Gasteiger partial charge in [0.05, 0.1) is 19.2 Å². The van der Waals surface area contributed by atoms with Crippen molar-refractivity contribution in [2.24, 2.45) is 0 Å². The molecule has 0 saturated carbocycles. The van der Waals surface area contributed by atoms with Gasteiger partial charge in [0.2, 0.25) is 11.8 Å². The van der Waals surface area contributed by atoms with Crippen LogP contribution in [-0.4, -0.2) is 66.8 Å². The third-order valence-electron chi connectivity index (χ3n) is 4.91. The van der Waals surface area contributed by atoms with E-state index in [1.54, 1.807) is 35.4 Å². The summed E-state index contributed by atoms with van der Waals surface area (Å²) in [5, 5.41) is 12.1. The average molecular weight is 430 g/mol. The molecule has 0 N–H and O–H groups in total. The summed E-state index contributed by atoms with van der Waals surface area (Å²) in [7, 11) is 1.50. The summed E-state index contributed by atoms with van der Waals surface area (Å²) in [6, 6.07) is 6.66. The second-order valence-electron chi connectivity index (χ2n) is 6.89. The van der Waals surface area contributed by atoms with Crippen molar-refractivity contribution in [3.8, 4) is 17.6 Å². The fourth-order valence-corrected chi connectivity index (χ4v) is 3.51. The number of tetrazole rings is 1. The number of aromatic nitrogens is 6. The summed E-state index contributed by atoms with van der Waals surface area (Å²) >= 11 is 6.01. The van der Waals surface area contributed by atoms with Crippen LogP contribution in [0, 0.1) is 0 Å². The van der Waals surface area contributed by atoms with Crippen LogP contribution in [0.25, 0.3) is 5.82 Å². The van der Waals surface area contributed by atoms with Crippen LogP contribution < -0.4 is 9.47 Å². The number of halogens is 1. The molecule has 0 aromatic carbocycles. The zero-order valence-electron chi connectivity index (χ0n) is 16.5. The first-order chi connectivity index (χ1) is 14.5. The Morgan fingerprint density at radius 1 is 1.23 bits per heavy atom. The molecular formula is C19H20ClN7O3. The van der Waals surface area contributed by atoms with Crippen LogP contribution in [0.15, 0.2) is 36.8 Å². The SMILES string of the molecule is COc1ccc(C(=O)N2C[C@H](Oc3cc(Cl)ccn3)CC[C@H]2C)c(-n2ncnn2)n1. The van der Waals surface area contributed by atoms with Gasteiger partial charge in [0.1, 0.15) is 6.10 Å². The minimum Gasteiger partial charge on any atom is -0.481 e. The molecule has 0 spiro atoms. The number of hydrogen-bond donors (Lipinski definition) is 0. The van der Waals surface area contributed by atoms with E-state index in [-0.39, 0.29) is 23.9 Å². The van der Waals surface area contributed by atoms with E-state index >= 15 is 0 Å². The van der Waals surface area contributed by atoms with Gasteiger partial charge >= 0.3 is 0 Å². The Hall–Kier alpha value is -3.27. The third kappa shape index (κ3) is 4.18. The summed E-state index contributed by atoms with van der Waals surface area (Å²) in [4.78, 5) is 24.9. The van der Waals surface area contributed by atoms with Gasteiger partial charge in [-0.15, -0.1) is 15.0 Å². The van der Waals surface area contributed by atoms with Gasteiger partial charge in [-0.1, -0.05) is 11.6 Å². The predicted molar refractivity (Wildman–Crippen MR) is 107 cm³/mol. The van der Waals surface area contributed by atoms with Crippen molar-refractivity contribution in [2.45, 2.75) is 31.9 Å². The number of nitrogens with zero attached hydrogens (tertiary/aromatic N) is 7. The van der Waals surface area contributed by atoms with Crippen molar-refractivity contribution in [3.05, 3.63) is 47.4 Å². The second-order valence-corrected chi connectivity index (χ2v) is 7.32. The maximum Gasteiger partial charge on any atom is 0.258 e. The maximum atomic E-state index is 13.4. The molecule has 1 fully saturated rings. The molecule has 11 heteroatoms. The second kappa shape index (κ2) is 8.62. The van der Waals surface area contributed by atoms with E-state index < -0.39 is 0 Å². The van der Waals surface area contributed by atoms with Crippen LogP contribution in [0.2, 0.25) is 5.02 Å². The lowest BCUT2D eigenvalue weighted by Gasteiger charge is -2.37. The lowest BCUT2D eigenvalue weighted by molar-refractivity contribution is 0.0372. The van der Waals surface area contributed by atoms with Crippen molar-refractivity contribution in [2.75, 3.05) is 13.7 Å². The first-order valence-corrected chi connectivity index (χ1v) is 9.80. The number of methoxy groups -OCH3 is 1. The van der Waals surface area contributed by atoms with E-state index in [1.165, 1.54) is 18.2 Å². The standard InChI is InChI=1S/C19H20ClN7O3/c1-12-3-4-14(30-17-9-13(20)7-8-21-17)10-26(12)19(28)15-5-6-16(29-2)24-18(15)27-23-11-22-25-27/h5-9,11-12,14H,3-4,10H2,1-2H3/t12-,14-/m1/s1. The zero-order valence-corrected chi connectivity index (χ0v) is 17.2. The van der Waals surface area contributed by atoms with Crippen molar-refractivity contribution in [1.82, 2.24) is 35.1 Å². The Kier molecular flexibility index (Phi) is 5.75. The molecule has 0 unspecified atom stereocenters. The van der Waals surface area contributed by atoms with Gasteiger partial charge in [-0.25, -0.2) is 4.98 Å². The number of piperidine rings is 1. The first-order valence-electron chi connectivity index (χ1n) is 9.42. The highest BCUT2D eigenvalue weighted by Crippen LogP contribution is 2.26. The zero-order chi connectivity index (χ0) is 21.1. The van der Waals surface area contributed by atoms with Crippen molar-refractivity contribution in [3.63, 3.8) is 0 Å². The molecule has 2 atom stereocenters. The van der Waals surface area contributed by atoms with Crippen LogP contribution in [0.4, 0.5) is 0 Å². The summed E-state index contributed by atoms with van der Waals surface area (Å²) < 4.78 is 11.2. The van der Waals surface area contributed by atoms with E-state index in [9.17, 15) is 4.79 Å². The van der Waals surface area contributed by atoms with Crippen LogP contribution >= 0.6 is 11.6 Å². The number of hydrogen-bond acceptors (Lipinski definition) is 8. The molecule has 0 bridgehead atoms. The van der Waals surface area contributed by atoms with Gasteiger partial charge < -0.3 is 14.4 Å². The number of rotatable bonds is 5. The number of likely N-dealkylation sites (tertiary alicyclic amines) is 1. The number of amides is 1. The number of carbonyl (C=O) groups excluding carboxylic acids is 1. The minimum absolute atomic E-state index is 0.0309. The van der Waals surface area contributed by atoms with Gasteiger partial charge in [-0.05, 0) is 37.1 Å². The average Bonchev–Trinajstić information content (AvgIpc) is 3.29. The van der Waals surface area contributed by atoms with Crippen LogP contribution in [0.3, 0.4) is 0 Å². The highest BCUT2D eigenvalue weighted by atomic mass is 35.5. The Balaban J connectivity index is 1.59. The fraction of sp³-hybridized carbons (Fsp3) is 0.368. The van der Waals surface area contributed by atoms with E-state index in [0.29, 0.717) is 28.9 Å². The summed E-state index contributed by atoms with van der Waals surface area (Å²) in [6.45, 7) is 2.42. The molecule has 4 rings (SSSR count). The van der Waals surface area contributed by atoms with Gasteiger partial charge in [0.25, 0.3) is 5.91 Å². The largest absolute Gasteiger partial charge is 0.481 e. The fourth-order valence-electron chi connectivity index (χ4n) is 3.36. The smallest absolute Gasteiger partial charge is 0.258 e. The van der Waals surface area contributed by atoms with Gasteiger partial charge in [-0.3, -0.25) is 4.79 Å². The molecule has 10 nitrogen and oxygen atoms in total.